The zero-order valence-electron chi connectivity index (χ0n) is 10.6. The summed E-state index contributed by atoms with van der Waals surface area (Å²) in [6, 6.07) is 11.4. The molecule has 3 rings (SSSR count). The quantitative estimate of drug-likeness (QED) is 0.758. The maximum absolute atomic E-state index is 11.8. The van der Waals surface area contributed by atoms with Crippen LogP contribution < -0.4 is 0 Å². The Hall–Kier alpha value is -1.41. The SMILES string of the molecule is O=C1C[C@H](CCc2ccccc2)N2CC=C[C@H]2C1. The number of Topliss-reactive ketones (excluding diaryl/α,β-unsaturated/α-hetero) is 1. The van der Waals surface area contributed by atoms with E-state index in [0.717, 1.165) is 32.2 Å². The van der Waals surface area contributed by atoms with Crippen LogP contribution in [0.4, 0.5) is 0 Å². The molecule has 2 aliphatic heterocycles. The molecular weight excluding hydrogens is 222 g/mol. The second kappa shape index (κ2) is 5.07. The van der Waals surface area contributed by atoms with E-state index < -0.39 is 0 Å². The predicted molar refractivity (Wildman–Crippen MR) is 72.4 cm³/mol. The number of carbonyl (C=O) groups is 1. The van der Waals surface area contributed by atoms with Crippen LogP contribution >= 0.6 is 0 Å². The number of hydrogen-bond acceptors (Lipinski definition) is 2. The lowest BCUT2D eigenvalue weighted by atomic mass is 9.92. The van der Waals surface area contributed by atoms with Crippen molar-refractivity contribution in [1.29, 1.82) is 0 Å². The molecule has 2 atom stereocenters. The Balaban J connectivity index is 1.63. The fraction of sp³-hybridized carbons (Fsp3) is 0.438. The highest BCUT2D eigenvalue weighted by molar-refractivity contribution is 5.81. The third-order valence-electron chi connectivity index (χ3n) is 4.08. The van der Waals surface area contributed by atoms with Crippen molar-refractivity contribution in [2.45, 2.75) is 37.8 Å². The van der Waals surface area contributed by atoms with Crippen LogP contribution in [-0.4, -0.2) is 29.3 Å². The summed E-state index contributed by atoms with van der Waals surface area (Å²) < 4.78 is 0. The molecule has 18 heavy (non-hydrogen) atoms. The van der Waals surface area contributed by atoms with Gasteiger partial charge in [0.1, 0.15) is 5.78 Å². The van der Waals surface area contributed by atoms with E-state index in [1.54, 1.807) is 0 Å². The van der Waals surface area contributed by atoms with Crippen LogP contribution in [-0.2, 0) is 11.2 Å². The predicted octanol–water partition coefficient (Wildman–Crippen LogP) is 2.59. The first-order valence-corrected chi connectivity index (χ1v) is 6.81. The third kappa shape index (κ3) is 2.39. The lowest BCUT2D eigenvalue weighted by Crippen LogP contribution is -2.46. The molecule has 0 N–H and O–H groups in total. The van der Waals surface area contributed by atoms with E-state index in [1.807, 2.05) is 6.07 Å². The molecule has 0 aromatic heterocycles. The Morgan fingerprint density at radius 1 is 1.17 bits per heavy atom. The molecule has 2 aliphatic rings. The van der Waals surface area contributed by atoms with Gasteiger partial charge in [0.2, 0.25) is 0 Å². The van der Waals surface area contributed by atoms with Crippen LogP contribution in [0, 0.1) is 0 Å². The van der Waals surface area contributed by atoms with Crippen LogP contribution in [0.25, 0.3) is 0 Å². The van der Waals surface area contributed by atoms with Crippen molar-refractivity contribution in [2.24, 2.45) is 0 Å². The van der Waals surface area contributed by atoms with Gasteiger partial charge in [0.05, 0.1) is 0 Å². The van der Waals surface area contributed by atoms with Gasteiger partial charge in [-0.2, -0.15) is 0 Å². The number of rotatable bonds is 3. The molecule has 0 bridgehead atoms. The van der Waals surface area contributed by atoms with Crippen molar-refractivity contribution in [2.75, 3.05) is 6.54 Å². The second-order valence-corrected chi connectivity index (χ2v) is 5.32. The van der Waals surface area contributed by atoms with Crippen LogP contribution in [0.5, 0.6) is 0 Å². The third-order valence-corrected chi connectivity index (χ3v) is 4.08. The highest BCUT2D eigenvalue weighted by Crippen LogP contribution is 2.27. The lowest BCUT2D eigenvalue weighted by Gasteiger charge is -2.37. The summed E-state index contributed by atoms with van der Waals surface area (Å²) in [5, 5.41) is 0. The molecule has 2 nitrogen and oxygen atoms in total. The Kier molecular flexibility index (Phi) is 3.28. The normalized spacial score (nSPS) is 27.4. The van der Waals surface area contributed by atoms with E-state index in [9.17, 15) is 4.79 Å². The minimum atomic E-state index is 0.382. The maximum Gasteiger partial charge on any atom is 0.136 e. The Labute approximate surface area is 108 Å². The number of benzene rings is 1. The average molecular weight is 241 g/mol. The Morgan fingerprint density at radius 3 is 2.83 bits per heavy atom. The minimum absolute atomic E-state index is 0.382. The molecule has 0 amide bonds. The van der Waals surface area contributed by atoms with Crippen molar-refractivity contribution < 1.29 is 4.79 Å². The minimum Gasteiger partial charge on any atom is -0.300 e. The summed E-state index contributed by atoms with van der Waals surface area (Å²) in [5.41, 5.74) is 1.37. The van der Waals surface area contributed by atoms with Gasteiger partial charge in [-0.25, -0.2) is 0 Å². The highest BCUT2D eigenvalue weighted by atomic mass is 16.1. The maximum atomic E-state index is 11.8. The zero-order valence-corrected chi connectivity index (χ0v) is 10.6. The smallest absolute Gasteiger partial charge is 0.136 e. The molecule has 94 valence electrons. The molecule has 0 aliphatic carbocycles. The molecule has 0 radical (unpaired) electrons. The zero-order chi connectivity index (χ0) is 12.4. The molecule has 1 fully saturated rings. The van der Waals surface area contributed by atoms with E-state index in [1.165, 1.54) is 5.56 Å². The summed E-state index contributed by atoms with van der Waals surface area (Å²) in [5.74, 6) is 0.431. The average Bonchev–Trinajstić information content (AvgIpc) is 2.85. The number of fused-ring (bicyclic) bond motifs is 1. The van der Waals surface area contributed by atoms with E-state index in [4.69, 9.17) is 0 Å². The summed E-state index contributed by atoms with van der Waals surface area (Å²) in [6.45, 7) is 1.03. The second-order valence-electron chi connectivity index (χ2n) is 5.32. The van der Waals surface area contributed by atoms with Crippen LogP contribution in [0.1, 0.15) is 24.8 Å². The van der Waals surface area contributed by atoms with E-state index in [0.29, 0.717) is 17.9 Å². The Morgan fingerprint density at radius 2 is 2.00 bits per heavy atom. The van der Waals surface area contributed by atoms with Gasteiger partial charge in [-0.1, -0.05) is 42.5 Å². The molecule has 1 saturated heterocycles. The van der Waals surface area contributed by atoms with Gasteiger partial charge >= 0.3 is 0 Å². The fourth-order valence-electron chi connectivity index (χ4n) is 3.13. The fourth-order valence-corrected chi connectivity index (χ4v) is 3.13. The van der Waals surface area contributed by atoms with Crippen LogP contribution in [0.3, 0.4) is 0 Å². The molecule has 0 unspecified atom stereocenters. The molecule has 0 spiro atoms. The monoisotopic (exact) mass is 241 g/mol. The first-order chi connectivity index (χ1) is 8.83. The summed E-state index contributed by atoms with van der Waals surface area (Å²) >= 11 is 0. The van der Waals surface area contributed by atoms with Crippen molar-refractivity contribution in [3.63, 3.8) is 0 Å². The summed E-state index contributed by atoms with van der Waals surface area (Å²) in [6.07, 6.45) is 8.03. The van der Waals surface area contributed by atoms with Gasteiger partial charge in [0.15, 0.2) is 0 Å². The standard InChI is InChI=1S/C16H19NO/c18-16-11-14-7-4-10-17(14)15(12-16)9-8-13-5-2-1-3-6-13/h1-7,14-15H,8-12H2/t14-,15-/m0/s1. The highest BCUT2D eigenvalue weighted by Gasteiger charge is 2.34. The molecular formula is C16H19NO. The number of ketones is 1. The number of hydrogen-bond donors (Lipinski definition) is 0. The topological polar surface area (TPSA) is 20.3 Å². The number of aryl methyl sites for hydroxylation is 1. The van der Waals surface area contributed by atoms with Gasteiger partial charge in [-0.05, 0) is 18.4 Å². The van der Waals surface area contributed by atoms with E-state index >= 15 is 0 Å². The molecule has 0 saturated carbocycles. The van der Waals surface area contributed by atoms with Crippen LogP contribution in [0.15, 0.2) is 42.5 Å². The molecule has 1 aromatic carbocycles. The van der Waals surface area contributed by atoms with Crippen molar-refractivity contribution in [3.8, 4) is 0 Å². The number of nitrogens with zero attached hydrogens (tertiary/aromatic N) is 1. The van der Waals surface area contributed by atoms with Gasteiger partial charge < -0.3 is 0 Å². The number of piperidine rings is 1. The van der Waals surface area contributed by atoms with Gasteiger partial charge in [-0.3, -0.25) is 9.69 Å². The summed E-state index contributed by atoms with van der Waals surface area (Å²) in [7, 11) is 0. The van der Waals surface area contributed by atoms with Gasteiger partial charge in [-0.15, -0.1) is 0 Å². The Bertz CT molecular complexity index is 451. The van der Waals surface area contributed by atoms with Crippen molar-refractivity contribution >= 4 is 5.78 Å². The van der Waals surface area contributed by atoms with E-state index in [2.05, 4.69) is 41.3 Å². The molecule has 2 heterocycles. The van der Waals surface area contributed by atoms with Crippen molar-refractivity contribution in [3.05, 3.63) is 48.0 Å². The van der Waals surface area contributed by atoms with E-state index in [-0.39, 0.29) is 0 Å². The molecule has 1 aromatic rings. The van der Waals surface area contributed by atoms with Gasteiger partial charge in [0.25, 0.3) is 0 Å². The molecule has 2 heteroatoms. The van der Waals surface area contributed by atoms with Crippen molar-refractivity contribution in [1.82, 2.24) is 4.90 Å². The number of carbonyl (C=O) groups excluding carboxylic acids is 1. The largest absolute Gasteiger partial charge is 0.300 e. The summed E-state index contributed by atoms with van der Waals surface area (Å²) in [4.78, 5) is 14.3. The lowest BCUT2D eigenvalue weighted by molar-refractivity contribution is -0.124. The van der Waals surface area contributed by atoms with Gasteiger partial charge in [0, 0.05) is 31.5 Å². The van der Waals surface area contributed by atoms with Crippen LogP contribution in [0.2, 0.25) is 0 Å². The first-order valence-electron chi connectivity index (χ1n) is 6.81. The first kappa shape index (κ1) is 11.7.